The molecule has 0 aliphatic carbocycles. The molecular formula is C11H11Cl2FN2O3S. The number of benzene rings is 1. The lowest BCUT2D eigenvalue weighted by atomic mass is 10.3. The molecule has 1 N–H and O–H groups in total. The second-order valence-electron chi connectivity index (χ2n) is 4.22. The van der Waals surface area contributed by atoms with Crippen LogP contribution in [0.1, 0.15) is 6.42 Å². The summed E-state index contributed by atoms with van der Waals surface area (Å²) in [5.41, 5.74) is 0. The maximum Gasteiger partial charge on any atom is 0.245 e. The van der Waals surface area contributed by atoms with Crippen molar-refractivity contribution in [3.63, 3.8) is 0 Å². The van der Waals surface area contributed by atoms with Crippen LogP contribution in [0.4, 0.5) is 4.39 Å². The van der Waals surface area contributed by atoms with Gasteiger partial charge in [0.15, 0.2) is 5.82 Å². The van der Waals surface area contributed by atoms with Gasteiger partial charge in [0.1, 0.15) is 4.90 Å². The summed E-state index contributed by atoms with van der Waals surface area (Å²) < 4.78 is 39.4. The molecule has 20 heavy (non-hydrogen) atoms. The Balaban J connectivity index is 2.44. The Kier molecular flexibility index (Phi) is 4.53. The Morgan fingerprint density at radius 3 is 2.70 bits per heavy atom. The highest BCUT2D eigenvalue weighted by molar-refractivity contribution is 7.89. The van der Waals surface area contributed by atoms with Crippen LogP contribution < -0.4 is 5.32 Å². The average molecular weight is 341 g/mol. The lowest BCUT2D eigenvalue weighted by Crippen LogP contribution is -2.37. The van der Waals surface area contributed by atoms with E-state index < -0.39 is 31.7 Å². The Morgan fingerprint density at radius 1 is 1.30 bits per heavy atom. The van der Waals surface area contributed by atoms with E-state index in [1.807, 2.05) is 0 Å². The molecule has 1 heterocycles. The molecular weight excluding hydrogens is 330 g/mol. The van der Waals surface area contributed by atoms with Crippen molar-refractivity contribution < 1.29 is 17.6 Å². The van der Waals surface area contributed by atoms with E-state index in [0.29, 0.717) is 13.0 Å². The molecule has 0 atom stereocenters. The van der Waals surface area contributed by atoms with Gasteiger partial charge in [0.2, 0.25) is 15.9 Å². The first-order chi connectivity index (χ1) is 9.34. The summed E-state index contributed by atoms with van der Waals surface area (Å²) in [4.78, 5) is 11.0. The fraction of sp³-hybridized carbons (Fsp3) is 0.364. The van der Waals surface area contributed by atoms with Crippen molar-refractivity contribution in [3.05, 3.63) is 28.0 Å². The van der Waals surface area contributed by atoms with Crippen LogP contribution in [0.2, 0.25) is 10.0 Å². The van der Waals surface area contributed by atoms with Gasteiger partial charge in [-0.15, -0.1) is 0 Å². The van der Waals surface area contributed by atoms with Gasteiger partial charge in [-0.2, -0.15) is 4.31 Å². The maximum atomic E-state index is 13.6. The van der Waals surface area contributed by atoms with Crippen LogP contribution >= 0.6 is 23.2 Å². The van der Waals surface area contributed by atoms with Crippen molar-refractivity contribution in [2.45, 2.75) is 11.3 Å². The average Bonchev–Trinajstić information content (AvgIpc) is 2.61. The first-order valence-electron chi connectivity index (χ1n) is 5.74. The summed E-state index contributed by atoms with van der Waals surface area (Å²) in [7, 11) is -4.05. The van der Waals surface area contributed by atoms with Crippen molar-refractivity contribution >= 4 is 39.1 Å². The fourth-order valence-corrected chi connectivity index (χ4v) is 3.98. The van der Waals surface area contributed by atoms with Crippen LogP contribution in [0.5, 0.6) is 0 Å². The maximum absolute atomic E-state index is 13.6. The third-order valence-corrected chi connectivity index (χ3v) is 5.51. The van der Waals surface area contributed by atoms with Crippen molar-refractivity contribution in [1.82, 2.24) is 9.62 Å². The third-order valence-electron chi connectivity index (χ3n) is 2.84. The van der Waals surface area contributed by atoms with Gasteiger partial charge < -0.3 is 5.32 Å². The van der Waals surface area contributed by atoms with E-state index in [9.17, 15) is 17.6 Å². The largest absolute Gasteiger partial charge is 0.355 e. The highest BCUT2D eigenvalue weighted by Gasteiger charge is 2.31. The second-order valence-corrected chi connectivity index (χ2v) is 6.91. The molecule has 2 rings (SSSR count). The van der Waals surface area contributed by atoms with Crippen molar-refractivity contribution in [3.8, 4) is 0 Å². The lowest BCUT2D eigenvalue weighted by molar-refractivity contribution is -0.120. The SMILES string of the molecule is O=C1CN(S(=O)(=O)c2ccc(Cl)c(F)c2Cl)CCCN1. The summed E-state index contributed by atoms with van der Waals surface area (Å²) in [5, 5.41) is 1.73. The molecule has 5 nitrogen and oxygen atoms in total. The first-order valence-corrected chi connectivity index (χ1v) is 7.94. The number of nitrogens with zero attached hydrogens (tertiary/aromatic N) is 1. The molecule has 1 aliphatic heterocycles. The molecule has 1 aliphatic rings. The molecule has 9 heteroatoms. The minimum absolute atomic E-state index is 0.154. The smallest absolute Gasteiger partial charge is 0.245 e. The van der Waals surface area contributed by atoms with Crippen molar-refractivity contribution in [1.29, 1.82) is 0 Å². The van der Waals surface area contributed by atoms with Gasteiger partial charge in [-0.3, -0.25) is 4.79 Å². The second kappa shape index (κ2) is 5.85. The minimum Gasteiger partial charge on any atom is -0.355 e. The Labute approximate surface area is 125 Å². The number of halogens is 3. The summed E-state index contributed by atoms with van der Waals surface area (Å²) >= 11 is 11.3. The van der Waals surface area contributed by atoms with Gasteiger partial charge >= 0.3 is 0 Å². The van der Waals surface area contributed by atoms with E-state index in [4.69, 9.17) is 23.2 Å². The number of sulfonamides is 1. The predicted molar refractivity (Wildman–Crippen MR) is 72.8 cm³/mol. The highest BCUT2D eigenvalue weighted by atomic mass is 35.5. The standard InChI is InChI=1S/C11H11Cl2FN2O3S/c12-7-2-3-8(10(13)11(7)14)20(18,19)16-5-1-4-15-9(17)6-16/h2-3H,1,4-6H2,(H,15,17). The number of hydrogen-bond acceptors (Lipinski definition) is 3. The van der Waals surface area contributed by atoms with Crippen molar-refractivity contribution in [2.75, 3.05) is 19.6 Å². The van der Waals surface area contributed by atoms with Gasteiger partial charge in [0, 0.05) is 13.1 Å². The van der Waals surface area contributed by atoms with Crippen LogP contribution in [0.3, 0.4) is 0 Å². The van der Waals surface area contributed by atoms with E-state index in [-0.39, 0.29) is 18.1 Å². The number of carbonyl (C=O) groups excluding carboxylic acids is 1. The van der Waals surface area contributed by atoms with E-state index in [2.05, 4.69) is 5.32 Å². The summed E-state index contributed by atoms with van der Waals surface area (Å²) in [6.07, 6.45) is 0.471. The Morgan fingerprint density at radius 2 is 2.00 bits per heavy atom. The topological polar surface area (TPSA) is 66.5 Å². The molecule has 1 fully saturated rings. The van der Waals surface area contributed by atoms with Gasteiger partial charge in [-0.25, -0.2) is 12.8 Å². The number of hydrogen-bond donors (Lipinski definition) is 1. The molecule has 110 valence electrons. The summed E-state index contributed by atoms with van der Waals surface area (Å²) in [6.45, 7) is 0.234. The predicted octanol–water partition coefficient (Wildman–Crippen LogP) is 1.64. The third kappa shape index (κ3) is 2.90. The minimum atomic E-state index is -4.05. The molecule has 0 saturated carbocycles. The Hall–Kier alpha value is -0.890. The van der Waals surface area contributed by atoms with Crippen molar-refractivity contribution in [2.24, 2.45) is 0 Å². The van der Waals surface area contributed by atoms with Gasteiger partial charge in [0.05, 0.1) is 16.6 Å². The van der Waals surface area contributed by atoms with Gasteiger partial charge in [-0.1, -0.05) is 23.2 Å². The molecule has 1 saturated heterocycles. The molecule has 0 aromatic heterocycles. The number of rotatable bonds is 2. The zero-order chi connectivity index (χ0) is 14.9. The van der Waals surface area contributed by atoms with E-state index in [1.54, 1.807) is 0 Å². The van der Waals surface area contributed by atoms with E-state index in [0.717, 1.165) is 16.4 Å². The van der Waals surface area contributed by atoms with Gasteiger partial charge in [0.25, 0.3) is 0 Å². The van der Waals surface area contributed by atoms with E-state index in [1.165, 1.54) is 0 Å². The monoisotopic (exact) mass is 340 g/mol. The molecule has 1 amide bonds. The zero-order valence-electron chi connectivity index (χ0n) is 10.2. The molecule has 0 bridgehead atoms. The zero-order valence-corrected chi connectivity index (χ0v) is 12.5. The molecule has 1 aromatic rings. The quantitative estimate of drug-likeness (QED) is 0.832. The first kappa shape index (κ1) is 15.5. The van der Waals surface area contributed by atoms with Crippen LogP contribution in [-0.2, 0) is 14.8 Å². The number of amides is 1. The molecule has 0 radical (unpaired) electrons. The van der Waals surface area contributed by atoms with Crippen LogP contribution in [0, 0.1) is 5.82 Å². The lowest BCUT2D eigenvalue weighted by Gasteiger charge is -2.19. The van der Waals surface area contributed by atoms with Crippen LogP contribution in [-0.4, -0.2) is 38.3 Å². The van der Waals surface area contributed by atoms with Crippen LogP contribution in [0.25, 0.3) is 0 Å². The van der Waals surface area contributed by atoms with Crippen LogP contribution in [0.15, 0.2) is 17.0 Å². The van der Waals surface area contributed by atoms with E-state index >= 15 is 0 Å². The molecule has 0 spiro atoms. The highest BCUT2D eigenvalue weighted by Crippen LogP contribution is 2.31. The summed E-state index contributed by atoms with van der Waals surface area (Å²) in [5.74, 6) is -1.40. The Bertz CT molecular complexity index is 651. The normalized spacial score (nSPS) is 17.6. The fourth-order valence-electron chi connectivity index (χ4n) is 1.83. The summed E-state index contributed by atoms with van der Waals surface area (Å²) in [6, 6.07) is 2.25. The number of carbonyl (C=O) groups is 1. The molecule has 1 aromatic carbocycles. The molecule has 0 unspecified atom stereocenters. The van der Waals surface area contributed by atoms with Gasteiger partial charge in [-0.05, 0) is 18.6 Å². The number of nitrogens with one attached hydrogen (secondary N) is 1.